The molecule has 0 aliphatic heterocycles. The van der Waals surface area contributed by atoms with E-state index < -0.39 is 15.8 Å². The number of para-hydroxylation sites is 2. The maximum Gasteiger partial charge on any atom is 0.302 e. The van der Waals surface area contributed by atoms with E-state index in [0.29, 0.717) is 23.1 Å². The molecule has 1 aromatic heterocycles. The van der Waals surface area contributed by atoms with Crippen molar-refractivity contribution in [2.75, 3.05) is 11.6 Å². The lowest BCUT2D eigenvalue weighted by molar-refractivity contribution is -0.117. The number of nitrogens with one attached hydrogen (secondary N) is 1. The number of carbonyl (C=O) groups excluding carboxylic acids is 1. The Morgan fingerprint density at radius 2 is 1.68 bits per heavy atom. The van der Waals surface area contributed by atoms with Gasteiger partial charge in [-0.25, -0.2) is 8.42 Å². The average molecular weight is 435 g/mol. The van der Waals surface area contributed by atoms with E-state index >= 15 is 0 Å². The van der Waals surface area contributed by atoms with E-state index in [1.807, 2.05) is 49.4 Å². The normalized spacial score (nSPS) is 12.6. The Bertz CT molecular complexity index is 1290. The number of hydrogen-bond acceptors (Lipinski definition) is 5. The maximum absolute atomic E-state index is 13.2. The van der Waals surface area contributed by atoms with Crippen molar-refractivity contribution in [3.05, 3.63) is 89.5 Å². The largest absolute Gasteiger partial charge is 0.423 e. The van der Waals surface area contributed by atoms with Crippen LogP contribution >= 0.6 is 0 Å². The molecule has 0 aliphatic rings. The van der Waals surface area contributed by atoms with E-state index in [4.69, 9.17) is 4.42 Å². The first-order chi connectivity index (χ1) is 14.8. The highest BCUT2D eigenvalue weighted by Crippen LogP contribution is 2.26. The quantitative estimate of drug-likeness (QED) is 0.482. The van der Waals surface area contributed by atoms with E-state index in [2.05, 4.69) is 10.3 Å². The van der Waals surface area contributed by atoms with Crippen molar-refractivity contribution in [3.63, 3.8) is 0 Å². The van der Waals surface area contributed by atoms with E-state index in [1.165, 1.54) is 12.1 Å². The molecule has 1 N–H and O–H groups in total. The first kappa shape index (κ1) is 20.8. The Balaban J connectivity index is 1.64. The lowest BCUT2D eigenvalue weighted by Gasteiger charge is -2.17. The van der Waals surface area contributed by atoms with Crippen LogP contribution in [0, 0.1) is 6.92 Å². The second-order valence-electron chi connectivity index (χ2n) is 7.56. The van der Waals surface area contributed by atoms with Crippen LogP contribution in [-0.2, 0) is 21.1 Å². The maximum atomic E-state index is 13.2. The second kappa shape index (κ2) is 8.35. The molecule has 158 valence electrons. The van der Waals surface area contributed by atoms with Crippen LogP contribution in [0.3, 0.4) is 0 Å². The zero-order chi connectivity index (χ0) is 22.0. The molecule has 0 bridgehead atoms. The zero-order valence-corrected chi connectivity index (χ0v) is 18.0. The molecule has 0 spiro atoms. The number of amides is 1. The van der Waals surface area contributed by atoms with Gasteiger partial charge in [0, 0.05) is 6.26 Å². The lowest BCUT2D eigenvalue weighted by atomic mass is 9.91. The van der Waals surface area contributed by atoms with Crippen molar-refractivity contribution in [3.8, 4) is 0 Å². The number of fused-ring (bicyclic) bond motifs is 1. The number of nitrogens with zero attached hydrogens (tertiary/aromatic N) is 1. The number of sulfone groups is 1. The summed E-state index contributed by atoms with van der Waals surface area (Å²) in [7, 11) is -3.32. The molecule has 1 atom stereocenters. The van der Waals surface area contributed by atoms with Crippen LogP contribution in [-0.4, -0.2) is 25.6 Å². The first-order valence-electron chi connectivity index (χ1n) is 9.81. The lowest BCUT2D eigenvalue weighted by Crippen LogP contribution is -2.23. The van der Waals surface area contributed by atoms with Crippen LogP contribution in [0.2, 0.25) is 0 Å². The molecule has 0 saturated carbocycles. The van der Waals surface area contributed by atoms with Crippen LogP contribution in [0.15, 0.2) is 82.1 Å². The third kappa shape index (κ3) is 4.83. The Morgan fingerprint density at radius 3 is 2.32 bits per heavy atom. The average Bonchev–Trinajstić information content (AvgIpc) is 3.15. The molecule has 7 heteroatoms. The Kier molecular flexibility index (Phi) is 5.61. The fourth-order valence-electron chi connectivity index (χ4n) is 3.39. The smallest absolute Gasteiger partial charge is 0.302 e. The summed E-state index contributed by atoms with van der Waals surface area (Å²) in [5, 5.41) is 2.77. The van der Waals surface area contributed by atoms with E-state index in [-0.39, 0.29) is 16.8 Å². The van der Waals surface area contributed by atoms with Crippen molar-refractivity contribution in [2.24, 2.45) is 0 Å². The Hall–Kier alpha value is -3.45. The minimum atomic E-state index is -3.32. The predicted molar refractivity (Wildman–Crippen MR) is 120 cm³/mol. The third-order valence-electron chi connectivity index (χ3n) is 5.11. The summed E-state index contributed by atoms with van der Waals surface area (Å²) >= 11 is 0. The number of hydrogen-bond donors (Lipinski definition) is 1. The molecule has 31 heavy (non-hydrogen) atoms. The number of anilines is 1. The van der Waals surface area contributed by atoms with Crippen molar-refractivity contribution < 1.29 is 17.6 Å². The molecule has 4 aromatic rings. The number of oxazole rings is 1. The van der Waals surface area contributed by atoms with Crippen molar-refractivity contribution >= 4 is 32.9 Å². The molecule has 0 saturated heterocycles. The van der Waals surface area contributed by atoms with Gasteiger partial charge in [-0.3, -0.25) is 10.1 Å². The molecule has 1 amide bonds. The number of benzene rings is 3. The van der Waals surface area contributed by atoms with Gasteiger partial charge in [-0.15, -0.1) is 0 Å². The highest BCUT2D eigenvalue weighted by molar-refractivity contribution is 7.90. The predicted octanol–water partition coefficient (Wildman–Crippen LogP) is 4.50. The summed E-state index contributed by atoms with van der Waals surface area (Å²) in [6.45, 7) is 2.01. The summed E-state index contributed by atoms with van der Waals surface area (Å²) in [5.41, 5.74) is 4.08. The van der Waals surface area contributed by atoms with Crippen LogP contribution < -0.4 is 5.32 Å². The first-order valence-corrected chi connectivity index (χ1v) is 11.7. The van der Waals surface area contributed by atoms with Gasteiger partial charge in [0.05, 0.1) is 10.8 Å². The summed E-state index contributed by atoms with van der Waals surface area (Å²) in [5.74, 6) is -0.828. The molecule has 0 aliphatic carbocycles. The van der Waals surface area contributed by atoms with Gasteiger partial charge < -0.3 is 4.42 Å². The van der Waals surface area contributed by atoms with Gasteiger partial charge >= 0.3 is 6.01 Å². The number of rotatable bonds is 6. The molecule has 1 heterocycles. The van der Waals surface area contributed by atoms with Gasteiger partial charge in [-0.05, 0) is 48.7 Å². The molecule has 0 radical (unpaired) electrons. The SMILES string of the molecule is Cc1ccc(CC(C(=O)Nc2nc3ccccc3o2)c2ccc(S(C)(=O)=O)cc2)cc1. The summed E-state index contributed by atoms with van der Waals surface area (Å²) < 4.78 is 29.2. The second-order valence-corrected chi connectivity index (χ2v) is 9.58. The molecule has 3 aromatic carbocycles. The minimum Gasteiger partial charge on any atom is -0.423 e. The Morgan fingerprint density at radius 1 is 1.00 bits per heavy atom. The Labute approximate surface area is 180 Å². The van der Waals surface area contributed by atoms with Crippen molar-refractivity contribution in [1.82, 2.24) is 4.98 Å². The van der Waals surface area contributed by atoms with E-state index in [1.54, 1.807) is 18.2 Å². The van der Waals surface area contributed by atoms with Crippen LogP contribution in [0.4, 0.5) is 6.01 Å². The third-order valence-corrected chi connectivity index (χ3v) is 6.24. The van der Waals surface area contributed by atoms with E-state index in [0.717, 1.165) is 17.4 Å². The minimum absolute atomic E-state index is 0.132. The highest BCUT2D eigenvalue weighted by Gasteiger charge is 2.23. The van der Waals surface area contributed by atoms with Gasteiger partial charge in [0.2, 0.25) is 5.91 Å². The molecule has 6 nitrogen and oxygen atoms in total. The fourth-order valence-corrected chi connectivity index (χ4v) is 4.02. The van der Waals surface area contributed by atoms with Crippen LogP contribution in [0.5, 0.6) is 0 Å². The fraction of sp³-hybridized carbons (Fsp3) is 0.167. The standard InChI is InChI=1S/C24H22N2O4S/c1-16-7-9-17(10-8-16)15-20(18-11-13-19(14-12-18)31(2,28)29)23(27)26-24-25-21-5-3-4-6-22(21)30-24/h3-14,20H,15H2,1-2H3,(H,25,26,27). The summed E-state index contributed by atoms with van der Waals surface area (Å²) in [6.07, 6.45) is 1.61. The van der Waals surface area contributed by atoms with E-state index in [9.17, 15) is 13.2 Å². The van der Waals surface area contributed by atoms with Crippen molar-refractivity contribution in [2.45, 2.75) is 24.2 Å². The highest BCUT2D eigenvalue weighted by atomic mass is 32.2. The topological polar surface area (TPSA) is 89.3 Å². The van der Waals surface area contributed by atoms with Gasteiger partial charge in [0.25, 0.3) is 0 Å². The number of aryl methyl sites for hydroxylation is 1. The van der Waals surface area contributed by atoms with Crippen LogP contribution in [0.25, 0.3) is 11.1 Å². The molecule has 1 unspecified atom stereocenters. The monoisotopic (exact) mass is 434 g/mol. The van der Waals surface area contributed by atoms with Gasteiger partial charge in [-0.1, -0.05) is 54.1 Å². The molecule has 0 fully saturated rings. The zero-order valence-electron chi connectivity index (χ0n) is 17.2. The summed E-state index contributed by atoms with van der Waals surface area (Å²) in [4.78, 5) is 17.7. The molecular formula is C24H22N2O4S. The summed E-state index contributed by atoms with van der Waals surface area (Å²) in [6, 6.07) is 21.8. The molecular weight excluding hydrogens is 412 g/mol. The van der Waals surface area contributed by atoms with Crippen molar-refractivity contribution in [1.29, 1.82) is 0 Å². The number of carbonyl (C=O) groups is 1. The molecule has 4 rings (SSSR count). The number of aromatic nitrogens is 1. The van der Waals surface area contributed by atoms with Gasteiger partial charge in [-0.2, -0.15) is 4.98 Å². The van der Waals surface area contributed by atoms with Crippen LogP contribution in [0.1, 0.15) is 22.6 Å². The van der Waals surface area contributed by atoms with Gasteiger partial charge in [0.1, 0.15) is 5.52 Å². The van der Waals surface area contributed by atoms with Gasteiger partial charge in [0.15, 0.2) is 15.4 Å².